The van der Waals surface area contributed by atoms with Gasteiger partial charge in [0.1, 0.15) is 0 Å². The summed E-state index contributed by atoms with van der Waals surface area (Å²) < 4.78 is 0. The molecule has 1 aliphatic heterocycles. The highest BCUT2D eigenvalue weighted by atomic mass is 32.2. The van der Waals surface area contributed by atoms with E-state index in [2.05, 4.69) is 12.2 Å². The van der Waals surface area contributed by atoms with Gasteiger partial charge in [-0.2, -0.15) is 0 Å². The van der Waals surface area contributed by atoms with E-state index in [9.17, 15) is 0 Å². The first-order chi connectivity index (χ1) is 9.81. The summed E-state index contributed by atoms with van der Waals surface area (Å²) in [5, 5.41) is 4.96. The smallest absolute Gasteiger partial charge is 0.156 e. The number of hydrogen-bond acceptors (Lipinski definition) is 2. The van der Waals surface area contributed by atoms with Crippen molar-refractivity contribution in [2.45, 2.75) is 70.8 Å². The van der Waals surface area contributed by atoms with Crippen LogP contribution in [0.3, 0.4) is 0 Å². The molecule has 2 unspecified atom stereocenters. The molecule has 114 valence electrons. The minimum absolute atomic E-state index is 0.735. The molecule has 2 aliphatic carbocycles. The Balaban J connectivity index is 1.40. The Bertz CT molecular complexity index is 334. The van der Waals surface area contributed by atoms with E-state index in [1.54, 1.807) is 0 Å². The van der Waals surface area contributed by atoms with Crippen molar-refractivity contribution in [2.24, 2.45) is 22.7 Å². The van der Waals surface area contributed by atoms with E-state index in [4.69, 9.17) is 4.99 Å². The van der Waals surface area contributed by atoms with Gasteiger partial charge in [-0.15, -0.1) is 0 Å². The summed E-state index contributed by atoms with van der Waals surface area (Å²) in [5.41, 5.74) is 0. The first-order valence-corrected chi connectivity index (χ1v) is 9.73. The lowest BCUT2D eigenvalue weighted by Gasteiger charge is -2.37. The largest absolute Gasteiger partial charge is 0.362 e. The number of aliphatic imine (C=N–C) groups is 1. The van der Waals surface area contributed by atoms with Gasteiger partial charge in [-0.1, -0.05) is 57.2 Å². The van der Waals surface area contributed by atoms with Crippen molar-refractivity contribution in [2.75, 3.05) is 12.3 Å². The lowest BCUT2D eigenvalue weighted by atomic mass is 9.81. The van der Waals surface area contributed by atoms with Crippen LogP contribution in [-0.4, -0.2) is 23.5 Å². The van der Waals surface area contributed by atoms with Crippen LogP contribution in [0.4, 0.5) is 0 Å². The second-order valence-corrected chi connectivity index (χ2v) is 8.22. The second-order valence-electron chi connectivity index (χ2n) is 7.21. The van der Waals surface area contributed by atoms with Gasteiger partial charge >= 0.3 is 0 Å². The van der Waals surface area contributed by atoms with Crippen molar-refractivity contribution in [1.82, 2.24) is 5.32 Å². The van der Waals surface area contributed by atoms with Crippen LogP contribution in [0.25, 0.3) is 0 Å². The summed E-state index contributed by atoms with van der Waals surface area (Å²) in [6, 6.07) is 0.735. The van der Waals surface area contributed by atoms with E-state index in [0.29, 0.717) is 0 Å². The molecule has 3 aliphatic rings. The van der Waals surface area contributed by atoms with Gasteiger partial charge in [0.25, 0.3) is 0 Å². The molecule has 2 nitrogen and oxygen atoms in total. The number of nitrogens with zero attached hydrogens (tertiary/aromatic N) is 1. The highest BCUT2D eigenvalue weighted by Crippen LogP contribution is 2.32. The summed E-state index contributed by atoms with van der Waals surface area (Å²) in [6.45, 7) is 3.45. The average molecular weight is 295 g/mol. The van der Waals surface area contributed by atoms with Crippen LogP contribution >= 0.6 is 11.8 Å². The molecule has 0 radical (unpaired) electrons. The molecule has 3 heteroatoms. The van der Waals surface area contributed by atoms with Crippen molar-refractivity contribution >= 4 is 16.9 Å². The minimum Gasteiger partial charge on any atom is -0.362 e. The van der Waals surface area contributed by atoms with Gasteiger partial charge in [0.2, 0.25) is 0 Å². The Hall–Kier alpha value is -0.180. The third-order valence-electron chi connectivity index (χ3n) is 5.58. The zero-order valence-corrected chi connectivity index (χ0v) is 13.8. The van der Waals surface area contributed by atoms with E-state index >= 15 is 0 Å². The molecule has 0 amide bonds. The summed E-state index contributed by atoms with van der Waals surface area (Å²) in [7, 11) is 0. The summed E-state index contributed by atoms with van der Waals surface area (Å²) in [4.78, 5) is 4.86. The number of rotatable bonds is 3. The molecule has 3 rings (SSSR count). The van der Waals surface area contributed by atoms with E-state index in [0.717, 1.165) is 30.3 Å². The van der Waals surface area contributed by atoms with Crippen LogP contribution in [0.1, 0.15) is 64.7 Å². The molecule has 1 saturated heterocycles. The zero-order chi connectivity index (χ0) is 13.8. The molecule has 0 aromatic rings. The molecular formula is C17H30N2S. The molecule has 2 atom stereocenters. The maximum atomic E-state index is 4.86. The molecule has 1 heterocycles. The Kier molecular flexibility index (Phi) is 5.30. The molecular weight excluding hydrogens is 264 g/mol. The van der Waals surface area contributed by atoms with Crippen LogP contribution in [0.15, 0.2) is 4.99 Å². The molecule has 2 saturated carbocycles. The summed E-state index contributed by atoms with van der Waals surface area (Å²) in [6.07, 6.45) is 12.7. The first kappa shape index (κ1) is 14.7. The fraction of sp³-hybridized carbons (Fsp3) is 0.941. The number of amidine groups is 1. The maximum absolute atomic E-state index is 4.86. The van der Waals surface area contributed by atoms with Crippen LogP contribution in [0, 0.1) is 17.8 Å². The number of fused-ring (bicyclic) bond motifs is 1. The Morgan fingerprint density at radius 2 is 1.90 bits per heavy atom. The Labute approximate surface area is 128 Å². The van der Waals surface area contributed by atoms with Gasteiger partial charge in [-0.05, 0) is 37.0 Å². The number of nitrogens with one attached hydrogen (secondary N) is 1. The highest BCUT2D eigenvalue weighted by Gasteiger charge is 2.30. The van der Waals surface area contributed by atoms with Gasteiger partial charge in [0, 0.05) is 18.3 Å². The topological polar surface area (TPSA) is 24.4 Å². The zero-order valence-electron chi connectivity index (χ0n) is 12.9. The van der Waals surface area contributed by atoms with Crippen LogP contribution in [0.2, 0.25) is 0 Å². The fourth-order valence-electron chi connectivity index (χ4n) is 4.04. The second kappa shape index (κ2) is 7.20. The van der Waals surface area contributed by atoms with E-state index in [1.807, 2.05) is 11.8 Å². The normalized spacial score (nSPS) is 40.1. The van der Waals surface area contributed by atoms with E-state index in [-0.39, 0.29) is 0 Å². The van der Waals surface area contributed by atoms with Crippen molar-refractivity contribution in [3.8, 4) is 0 Å². The molecule has 0 aromatic heterocycles. The third kappa shape index (κ3) is 3.93. The fourth-order valence-corrected chi connectivity index (χ4v) is 5.23. The Morgan fingerprint density at radius 3 is 2.75 bits per heavy atom. The standard InChI is InChI=1S/C17H30N2S/c1-13-6-8-14(9-7-13)10-11-18-17-19-16-5-3-2-4-15(16)12-20-17/h13-16H,2-12H2,1H3,(H,18,19). The van der Waals surface area contributed by atoms with Gasteiger partial charge in [0.05, 0.1) is 0 Å². The SMILES string of the molecule is CC1CCC(CCN=C2NC3CCCCC3CS2)CC1. The highest BCUT2D eigenvalue weighted by molar-refractivity contribution is 8.13. The summed E-state index contributed by atoms with van der Waals surface area (Å²) >= 11 is 1.97. The van der Waals surface area contributed by atoms with Gasteiger partial charge in [-0.25, -0.2) is 0 Å². The van der Waals surface area contributed by atoms with Gasteiger partial charge in [-0.3, -0.25) is 4.99 Å². The first-order valence-electron chi connectivity index (χ1n) is 8.75. The van der Waals surface area contributed by atoms with Gasteiger partial charge in [0.15, 0.2) is 5.17 Å². The summed E-state index contributed by atoms with van der Waals surface area (Å²) in [5.74, 6) is 4.13. The molecule has 0 spiro atoms. The number of hydrogen-bond donors (Lipinski definition) is 1. The van der Waals surface area contributed by atoms with E-state index < -0.39 is 0 Å². The van der Waals surface area contributed by atoms with Crippen molar-refractivity contribution in [1.29, 1.82) is 0 Å². The van der Waals surface area contributed by atoms with Gasteiger partial charge < -0.3 is 5.32 Å². The predicted molar refractivity (Wildman–Crippen MR) is 89.4 cm³/mol. The van der Waals surface area contributed by atoms with Crippen LogP contribution in [-0.2, 0) is 0 Å². The minimum atomic E-state index is 0.735. The van der Waals surface area contributed by atoms with Crippen molar-refractivity contribution in [3.63, 3.8) is 0 Å². The molecule has 0 aromatic carbocycles. The lowest BCUT2D eigenvalue weighted by Crippen LogP contribution is -2.46. The van der Waals surface area contributed by atoms with Crippen LogP contribution in [0.5, 0.6) is 0 Å². The molecule has 0 bridgehead atoms. The van der Waals surface area contributed by atoms with Crippen LogP contribution < -0.4 is 5.32 Å². The number of thioether (sulfide) groups is 1. The average Bonchev–Trinajstić information content (AvgIpc) is 2.49. The molecule has 3 fully saturated rings. The predicted octanol–water partition coefficient (Wildman–Crippen LogP) is 4.45. The maximum Gasteiger partial charge on any atom is 0.156 e. The molecule has 1 N–H and O–H groups in total. The quantitative estimate of drug-likeness (QED) is 0.831. The van der Waals surface area contributed by atoms with E-state index in [1.165, 1.54) is 68.7 Å². The Morgan fingerprint density at radius 1 is 1.10 bits per heavy atom. The lowest BCUT2D eigenvalue weighted by molar-refractivity contribution is 0.280. The third-order valence-corrected chi connectivity index (χ3v) is 6.70. The molecule has 20 heavy (non-hydrogen) atoms. The van der Waals surface area contributed by atoms with Crippen molar-refractivity contribution < 1.29 is 0 Å². The monoisotopic (exact) mass is 294 g/mol. The van der Waals surface area contributed by atoms with Crippen molar-refractivity contribution in [3.05, 3.63) is 0 Å².